The first-order valence-corrected chi connectivity index (χ1v) is 12.1. The Hall–Kier alpha value is -1.66. The molecule has 0 radical (unpaired) electrons. The summed E-state index contributed by atoms with van der Waals surface area (Å²) in [4.78, 5) is 10.9. The topological polar surface area (TPSA) is 83.5 Å². The van der Waals surface area contributed by atoms with Gasteiger partial charge in [-0.1, -0.05) is 43.7 Å². The Kier molecular flexibility index (Phi) is 6.54. The van der Waals surface area contributed by atoms with E-state index in [1.165, 1.54) is 6.42 Å². The standard InChI is InChI=1S/C23H33NO4S/c1-16-10-12-18(13-11-16)29(27,28)24-21-15-17-14-20(23(17,2)3)19(21)8-6-4-5-7-9-22(25)26/h4,6,10-13,17,19-21,24H,5,7-9,14-15H2,1-3H3,(H,25,26)/t17-,19+,20+,21+/m1/s1. The summed E-state index contributed by atoms with van der Waals surface area (Å²) >= 11 is 0. The van der Waals surface area contributed by atoms with Crippen molar-refractivity contribution < 1.29 is 18.3 Å². The van der Waals surface area contributed by atoms with Crippen LogP contribution < -0.4 is 4.72 Å². The molecular formula is C23H33NO4S. The lowest BCUT2D eigenvalue weighted by Crippen LogP contribution is -2.61. The number of carbonyl (C=O) groups is 1. The summed E-state index contributed by atoms with van der Waals surface area (Å²) in [7, 11) is -3.54. The number of hydrogen-bond donors (Lipinski definition) is 2. The van der Waals surface area contributed by atoms with Crippen LogP contribution in [-0.4, -0.2) is 25.5 Å². The van der Waals surface area contributed by atoms with Crippen molar-refractivity contribution in [3.05, 3.63) is 42.0 Å². The molecule has 0 heterocycles. The predicted molar refractivity (Wildman–Crippen MR) is 114 cm³/mol. The van der Waals surface area contributed by atoms with Crippen LogP contribution in [-0.2, 0) is 14.8 Å². The third-order valence-electron chi connectivity index (χ3n) is 7.09. The normalized spacial score (nSPS) is 28.2. The van der Waals surface area contributed by atoms with Crippen LogP contribution in [0.25, 0.3) is 0 Å². The van der Waals surface area contributed by atoms with E-state index in [1.54, 1.807) is 12.1 Å². The Morgan fingerprint density at radius 2 is 1.90 bits per heavy atom. The fourth-order valence-electron chi connectivity index (χ4n) is 5.14. The summed E-state index contributed by atoms with van der Waals surface area (Å²) in [5, 5.41) is 8.73. The highest BCUT2D eigenvalue weighted by Gasteiger charge is 2.57. The number of hydrogen-bond acceptors (Lipinski definition) is 3. The molecule has 0 spiro atoms. The summed E-state index contributed by atoms with van der Waals surface area (Å²) in [6.07, 6.45) is 8.62. The molecule has 160 valence electrons. The predicted octanol–water partition coefficient (Wildman–Crippen LogP) is 4.53. The fraction of sp³-hybridized carbons (Fsp3) is 0.609. The van der Waals surface area contributed by atoms with Crippen LogP contribution >= 0.6 is 0 Å². The van der Waals surface area contributed by atoms with E-state index in [1.807, 2.05) is 25.1 Å². The molecule has 0 aliphatic heterocycles. The maximum Gasteiger partial charge on any atom is 0.303 e. The zero-order chi connectivity index (χ0) is 21.2. The van der Waals surface area contributed by atoms with Crippen LogP contribution in [0.5, 0.6) is 0 Å². The molecule has 0 aromatic heterocycles. The van der Waals surface area contributed by atoms with Gasteiger partial charge in [0.1, 0.15) is 0 Å². The maximum atomic E-state index is 12.9. The molecule has 29 heavy (non-hydrogen) atoms. The highest BCUT2D eigenvalue weighted by molar-refractivity contribution is 7.89. The van der Waals surface area contributed by atoms with Crippen molar-refractivity contribution in [1.29, 1.82) is 0 Å². The van der Waals surface area contributed by atoms with Gasteiger partial charge in [0, 0.05) is 12.5 Å². The molecule has 5 nitrogen and oxygen atoms in total. The van der Waals surface area contributed by atoms with Crippen molar-refractivity contribution in [3.8, 4) is 0 Å². The monoisotopic (exact) mass is 419 g/mol. The van der Waals surface area contributed by atoms with E-state index in [9.17, 15) is 13.2 Å². The van der Waals surface area contributed by atoms with Crippen LogP contribution in [0.2, 0.25) is 0 Å². The molecule has 1 aromatic carbocycles. The molecule has 1 aromatic rings. The Morgan fingerprint density at radius 1 is 1.21 bits per heavy atom. The number of carboxylic acid groups (broad SMARTS) is 1. The van der Waals surface area contributed by atoms with E-state index in [2.05, 4.69) is 24.6 Å². The molecule has 3 fully saturated rings. The van der Waals surface area contributed by atoms with Crippen LogP contribution in [0.15, 0.2) is 41.3 Å². The average Bonchev–Trinajstić information content (AvgIpc) is 2.64. The number of aryl methyl sites for hydroxylation is 1. The van der Waals surface area contributed by atoms with Crippen LogP contribution in [0, 0.1) is 30.1 Å². The molecule has 4 rings (SSSR count). The molecule has 2 bridgehead atoms. The van der Waals surface area contributed by atoms with E-state index in [4.69, 9.17) is 5.11 Å². The van der Waals surface area contributed by atoms with Crippen molar-refractivity contribution in [2.24, 2.45) is 23.2 Å². The number of unbranched alkanes of at least 4 members (excludes halogenated alkanes) is 1. The number of aliphatic carboxylic acids is 1. The Balaban J connectivity index is 1.68. The second-order valence-corrected chi connectivity index (χ2v) is 11.0. The van der Waals surface area contributed by atoms with Crippen molar-refractivity contribution in [2.45, 2.75) is 70.2 Å². The number of carboxylic acids is 1. The Bertz CT molecular complexity index is 857. The number of benzene rings is 1. The lowest BCUT2D eigenvalue weighted by atomic mass is 9.44. The minimum absolute atomic E-state index is 0.0539. The lowest BCUT2D eigenvalue weighted by Gasteiger charge is -2.62. The Morgan fingerprint density at radius 3 is 2.52 bits per heavy atom. The van der Waals surface area contributed by atoms with Gasteiger partial charge in [0.15, 0.2) is 0 Å². The average molecular weight is 420 g/mol. The maximum absolute atomic E-state index is 12.9. The number of rotatable bonds is 9. The van der Waals surface area contributed by atoms with Gasteiger partial charge in [-0.2, -0.15) is 0 Å². The van der Waals surface area contributed by atoms with Gasteiger partial charge in [-0.15, -0.1) is 0 Å². The molecule has 2 N–H and O–H groups in total. The minimum atomic E-state index is -3.54. The van der Waals surface area contributed by atoms with Crippen LogP contribution in [0.1, 0.15) is 57.9 Å². The second-order valence-electron chi connectivity index (χ2n) is 9.29. The van der Waals surface area contributed by atoms with Gasteiger partial charge in [0.05, 0.1) is 4.90 Å². The minimum Gasteiger partial charge on any atom is -0.481 e. The van der Waals surface area contributed by atoms with Gasteiger partial charge in [-0.05, 0) is 74.3 Å². The molecule has 3 aliphatic carbocycles. The molecule has 3 saturated carbocycles. The van der Waals surface area contributed by atoms with E-state index in [-0.39, 0.29) is 23.8 Å². The van der Waals surface area contributed by atoms with Gasteiger partial charge in [-0.25, -0.2) is 13.1 Å². The molecule has 0 saturated heterocycles. The molecule has 3 aliphatic rings. The van der Waals surface area contributed by atoms with Gasteiger partial charge >= 0.3 is 5.97 Å². The van der Waals surface area contributed by atoms with E-state index in [0.717, 1.165) is 24.8 Å². The number of nitrogens with one attached hydrogen (secondary N) is 1. The SMILES string of the molecule is Cc1ccc(S(=O)(=O)N[C@H]2C[C@H]3C[C@@H]([C@@H]2CC=CCCCC(=O)O)C3(C)C)cc1. The zero-order valence-corrected chi connectivity index (χ0v) is 18.4. The molecule has 0 amide bonds. The van der Waals surface area contributed by atoms with Gasteiger partial charge in [-0.3, -0.25) is 4.79 Å². The summed E-state index contributed by atoms with van der Waals surface area (Å²) in [5.41, 5.74) is 1.30. The highest BCUT2D eigenvalue weighted by Crippen LogP contribution is 2.62. The second kappa shape index (κ2) is 8.60. The third kappa shape index (κ3) is 4.92. The van der Waals surface area contributed by atoms with Gasteiger partial charge < -0.3 is 5.11 Å². The quantitative estimate of drug-likeness (QED) is 0.455. The smallest absolute Gasteiger partial charge is 0.303 e. The van der Waals surface area contributed by atoms with Gasteiger partial charge in [0.25, 0.3) is 0 Å². The van der Waals surface area contributed by atoms with Gasteiger partial charge in [0.2, 0.25) is 10.0 Å². The van der Waals surface area contributed by atoms with Crippen molar-refractivity contribution >= 4 is 16.0 Å². The molecule has 6 heteroatoms. The largest absolute Gasteiger partial charge is 0.481 e. The number of sulfonamides is 1. The summed E-state index contributed by atoms with van der Waals surface area (Å²) in [6, 6.07) is 6.94. The first kappa shape index (κ1) is 22.0. The fourth-order valence-corrected chi connectivity index (χ4v) is 6.44. The Labute approximate surface area is 174 Å². The van der Waals surface area contributed by atoms with Crippen LogP contribution in [0.3, 0.4) is 0 Å². The van der Waals surface area contributed by atoms with E-state index < -0.39 is 16.0 Å². The first-order valence-electron chi connectivity index (χ1n) is 10.6. The molecular weight excluding hydrogens is 386 g/mol. The summed E-state index contributed by atoms with van der Waals surface area (Å²) < 4.78 is 28.9. The number of fused-ring (bicyclic) bond motifs is 2. The van der Waals surface area contributed by atoms with Crippen molar-refractivity contribution in [1.82, 2.24) is 4.72 Å². The summed E-state index contributed by atoms with van der Waals surface area (Å²) in [5.74, 6) is 0.578. The molecule has 0 unspecified atom stereocenters. The zero-order valence-electron chi connectivity index (χ0n) is 17.6. The highest BCUT2D eigenvalue weighted by atomic mass is 32.2. The van der Waals surface area contributed by atoms with Crippen molar-refractivity contribution in [3.63, 3.8) is 0 Å². The lowest BCUT2D eigenvalue weighted by molar-refractivity contribution is -0.137. The van der Waals surface area contributed by atoms with E-state index >= 15 is 0 Å². The van der Waals surface area contributed by atoms with Crippen LogP contribution in [0.4, 0.5) is 0 Å². The van der Waals surface area contributed by atoms with E-state index in [0.29, 0.717) is 23.2 Å². The first-order chi connectivity index (χ1) is 13.6. The van der Waals surface area contributed by atoms with Crippen molar-refractivity contribution in [2.75, 3.05) is 0 Å². The summed E-state index contributed by atoms with van der Waals surface area (Å²) in [6.45, 7) is 6.56. The number of allylic oxidation sites excluding steroid dienone is 2. The third-order valence-corrected chi connectivity index (χ3v) is 8.60. The molecule has 4 atom stereocenters.